The van der Waals surface area contributed by atoms with Crippen LogP contribution in [-0.4, -0.2) is 42.2 Å². The quantitative estimate of drug-likeness (QED) is 0.732. The van der Waals surface area contributed by atoms with Crippen LogP contribution < -0.4 is 10.5 Å². The number of β-amino-alcohol motifs (C(OH)–C–C–N with tert-alkyl or cyclic N) is 1. The van der Waals surface area contributed by atoms with Gasteiger partial charge >= 0.3 is 0 Å². The maximum Gasteiger partial charge on any atom is 0.257 e. The number of hydrogen-bond acceptors (Lipinski definition) is 4. The van der Waals surface area contributed by atoms with Crippen molar-refractivity contribution in [3.63, 3.8) is 0 Å². The van der Waals surface area contributed by atoms with Crippen molar-refractivity contribution in [2.45, 2.75) is 12.5 Å². The number of aliphatic hydroxyl groups is 1. The van der Waals surface area contributed by atoms with Gasteiger partial charge in [0, 0.05) is 18.8 Å². The van der Waals surface area contributed by atoms with Crippen molar-refractivity contribution in [1.29, 1.82) is 0 Å². The first-order chi connectivity index (χ1) is 8.11. The summed E-state index contributed by atoms with van der Waals surface area (Å²) in [5.41, 5.74) is 6.64. The highest BCUT2D eigenvalue weighted by Gasteiger charge is 2.27. The molecule has 1 heterocycles. The number of rotatable bonds is 2. The number of nitrogens with zero attached hydrogens (tertiary/aromatic N) is 1. The molecule has 0 aromatic heterocycles. The number of hydrogen-bond donors (Lipinski definition) is 2. The molecule has 5 heteroatoms. The summed E-state index contributed by atoms with van der Waals surface area (Å²) in [7, 11) is 1.52. The number of carbonyl (C=O) groups excluding carboxylic acids is 1. The Morgan fingerprint density at radius 1 is 1.59 bits per heavy atom. The zero-order valence-electron chi connectivity index (χ0n) is 9.72. The molecule has 17 heavy (non-hydrogen) atoms. The van der Waals surface area contributed by atoms with Crippen molar-refractivity contribution in [2.75, 3.05) is 25.9 Å². The average Bonchev–Trinajstić information content (AvgIpc) is 2.75. The minimum atomic E-state index is -0.425. The largest absolute Gasteiger partial charge is 0.496 e. The van der Waals surface area contributed by atoms with Crippen molar-refractivity contribution < 1.29 is 14.6 Å². The molecule has 0 bridgehead atoms. The number of methoxy groups -OCH3 is 1. The summed E-state index contributed by atoms with van der Waals surface area (Å²) in [5.74, 6) is 0.358. The Kier molecular flexibility index (Phi) is 3.19. The van der Waals surface area contributed by atoms with Gasteiger partial charge in [0.15, 0.2) is 0 Å². The zero-order chi connectivity index (χ0) is 12.4. The predicted octanol–water partition coefficient (Wildman–Crippen LogP) is 0.484. The van der Waals surface area contributed by atoms with Crippen LogP contribution in [-0.2, 0) is 0 Å². The Hall–Kier alpha value is -1.75. The number of likely N-dealkylation sites (tertiary alicyclic amines) is 1. The number of nitrogen functional groups attached to an aromatic ring is 1. The first kappa shape index (κ1) is 11.7. The van der Waals surface area contributed by atoms with Crippen molar-refractivity contribution in [3.05, 3.63) is 23.8 Å². The number of nitrogens with two attached hydrogens (primary N) is 1. The molecular formula is C12H16N2O3. The Balaban J connectivity index is 2.26. The van der Waals surface area contributed by atoms with Gasteiger partial charge in [-0.25, -0.2) is 0 Å². The maximum absolute atomic E-state index is 12.2. The van der Waals surface area contributed by atoms with Gasteiger partial charge in [0.2, 0.25) is 0 Å². The summed E-state index contributed by atoms with van der Waals surface area (Å²) < 4.78 is 5.14. The third kappa shape index (κ3) is 2.34. The van der Waals surface area contributed by atoms with Gasteiger partial charge in [-0.2, -0.15) is 0 Å². The molecule has 1 aromatic carbocycles. The number of amides is 1. The first-order valence-electron chi connectivity index (χ1n) is 5.52. The number of aliphatic hydroxyl groups excluding tert-OH is 1. The highest BCUT2D eigenvalue weighted by atomic mass is 16.5. The summed E-state index contributed by atoms with van der Waals surface area (Å²) >= 11 is 0. The van der Waals surface area contributed by atoms with Crippen LogP contribution in [0.15, 0.2) is 18.2 Å². The Labute approximate surface area is 99.8 Å². The molecule has 1 aliphatic rings. The molecule has 0 unspecified atom stereocenters. The van der Waals surface area contributed by atoms with Crippen LogP contribution in [0.2, 0.25) is 0 Å². The minimum absolute atomic E-state index is 0.147. The standard InChI is InChI=1S/C12H16N2O3/c1-17-11-3-2-8(13)6-10(11)12(16)14-5-4-9(15)7-14/h2-3,6,9,15H,4-5,7,13H2,1H3/t9-/m0/s1. The fraction of sp³-hybridized carbons (Fsp3) is 0.417. The van der Waals surface area contributed by atoms with Crippen LogP contribution in [0.1, 0.15) is 16.8 Å². The Morgan fingerprint density at radius 2 is 2.35 bits per heavy atom. The van der Waals surface area contributed by atoms with E-state index in [1.54, 1.807) is 23.1 Å². The van der Waals surface area contributed by atoms with E-state index in [0.29, 0.717) is 36.5 Å². The van der Waals surface area contributed by atoms with Crippen molar-refractivity contribution in [2.24, 2.45) is 0 Å². The molecule has 1 aromatic rings. The third-order valence-electron chi connectivity index (χ3n) is 2.90. The highest BCUT2D eigenvalue weighted by molar-refractivity contribution is 5.98. The Morgan fingerprint density at radius 3 is 2.94 bits per heavy atom. The highest BCUT2D eigenvalue weighted by Crippen LogP contribution is 2.24. The molecule has 0 saturated carbocycles. The molecule has 1 saturated heterocycles. The summed E-state index contributed by atoms with van der Waals surface area (Å²) in [6.07, 6.45) is 0.196. The number of benzene rings is 1. The van der Waals surface area contributed by atoms with Crippen LogP contribution in [0, 0.1) is 0 Å². The van der Waals surface area contributed by atoms with E-state index in [0.717, 1.165) is 0 Å². The summed E-state index contributed by atoms with van der Waals surface area (Å²) in [5, 5.41) is 9.43. The van der Waals surface area contributed by atoms with Crippen molar-refractivity contribution in [3.8, 4) is 5.75 Å². The van der Waals surface area contributed by atoms with E-state index < -0.39 is 6.10 Å². The van der Waals surface area contributed by atoms with E-state index in [-0.39, 0.29) is 5.91 Å². The van der Waals surface area contributed by atoms with Gasteiger partial charge in [0.25, 0.3) is 5.91 Å². The smallest absolute Gasteiger partial charge is 0.257 e. The van der Waals surface area contributed by atoms with E-state index in [4.69, 9.17) is 10.5 Å². The topological polar surface area (TPSA) is 75.8 Å². The minimum Gasteiger partial charge on any atom is -0.496 e. The number of anilines is 1. The second-order valence-electron chi connectivity index (χ2n) is 4.15. The molecule has 3 N–H and O–H groups in total. The monoisotopic (exact) mass is 236 g/mol. The fourth-order valence-electron chi connectivity index (χ4n) is 1.99. The second-order valence-corrected chi connectivity index (χ2v) is 4.15. The van der Waals surface area contributed by atoms with Gasteiger partial charge in [-0.1, -0.05) is 0 Å². The number of carbonyl (C=O) groups is 1. The normalized spacial score (nSPS) is 19.4. The average molecular weight is 236 g/mol. The predicted molar refractivity (Wildman–Crippen MR) is 63.9 cm³/mol. The molecule has 0 radical (unpaired) electrons. The molecule has 1 fully saturated rings. The van der Waals surface area contributed by atoms with Crippen LogP contribution >= 0.6 is 0 Å². The lowest BCUT2D eigenvalue weighted by atomic mass is 10.1. The van der Waals surface area contributed by atoms with Gasteiger partial charge in [-0.05, 0) is 24.6 Å². The van der Waals surface area contributed by atoms with Gasteiger partial charge < -0.3 is 20.5 Å². The van der Waals surface area contributed by atoms with E-state index in [9.17, 15) is 9.90 Å². The molecule has 5 nitrogen and oxygen atoms in total. The summed E-state index contributed by atoms with van der Waals surface area (Å²) in [6, 6.07) is 4.97. The second kappa shape index (κ2) is 4.63. The van der Waals surface area contributed by atoms with Crippen LogP contribution in [0.5, 0.6) is 5.75 Å². The van der Waals surface area contributed by atoms with E-state index in [1.165, 1.54) is 7.11 Å². The summed E-state index contributed by atoms with van der Waals surface area (Å²) in [6.45, 7) is 0.939. The third-order valence-corrected chi connectivity index (χ3v) is 2.90. The van der Waals surface area contributed by atoms with Crippen LogP contribution in [0.4, 0.5) is 5.69 Å². The molecular weight excluding hydrogens is 220 g/mol. The van der Waals surface area contributed by atoms with Gasteiger partial charge in [-0.15, -0.1) is 0 Å². The van der Waals surface area contributed by atoms with Crippen molar-refractivity contribution in [1.82, 2.24) is 4.90 Å². The molecule has 1 atom stereocenters. The lowest BCUT2D eigenvalue weighted by molar-refractivity contribution is 0.0761. The summed E-state index contributed by atoms with van der Waals surface area (Å²) in [4.78, 5) is 13.8. The molecule has 92 valence electrons. The lowest BCUT2D eigenvalue weighted by Crippen LogP contribution is -2.29. The van der Waals surface area contributed by atoms with E-state index in [2.05, 4.69) is 0 Å². The van der Waals surface area contributed by atoms with Gasteiger partial charge in [-0.3, -0.25) is 4.79 Å². The SMILES string of the molecule is COc1ccc(N)cc1C(=O)N1CC[C@H](O)C1. The Bertz CT molecular complexity index is 434. The number of ether oxygens (including phenoxy) is 1. The molecule has 1 aliphatic heterocycles. The van der Waals surface area contributed by atoms with Gasteiger partial charge in [0.05, 0.1) is 18.8 Å². The molecule has 1 amide bonds. The lowest BCUT2D eigenvalue weighted by Gasteiger charge is -2.17. The fourth-order valence-corrected chi connectivity index (χ4v) is 1.99. The van der Waals surface area contributed by atoms with E-state index in [1.807, 2.05) is 0 Å². The maximum atomic E-state index is 12.2. The molecule has 2 rings (SSSR count). The zero-order valence-corrected chi connectivity index (χ0v) is 9.72. The molecule has 0 aliphatic carbocycles. The van der Waals surface area contributed by atoms with Crippen LogP contribution in [0.25, 0.3) is 0 Å². The first-order valence-corrected chi connectivity index (χ1v) is 5.52. The van der Waals surface area contributed by atoms with Gasteiger partial charge in [0.1, 0.15) is 5.75 Å². The van der Waals surface area contributed by atoms with E-state index >= 15 is 0 Å². The molecule has 0 spiro atoms. The van der Waals surface area contributed by atoms with Crippen molar-refractivity contribution >= 4 is 11.6 Å². The van der Waals surface area contributed by atoms with Crippen LogP contribution in [0.3, 0.4) is 0 Å².